The summed E-state index contributed by atoms with van der Waals surface area (Å²) < 4.78 is 2.66. The lowest BCUT2D eigenvalue weighted by atomic mass is 10.3. The lowest BCUT2D eigenvalue weighted by molar-refractivity contribution is 0.0825. The van der Waals surface area contributed by atoms with Crippen LogP contribution >= 0.6 is 0 Å². The maximum Gasteiger partial charge on any atom is 0.329 e. The van der Waals surface area contributed by atoms with Crippen LogP contribution in [0.2, 0.25) is 0 Å². The molecular weight excluding hydrogens is 314 g/mol. The molecule has 0 saturated heterocycles. The number of aliphatic hydroxyl groups is 2. The van der Waals surface area contributed by atoms with Crippen molar-refractivity contribution in [2.75, 3.05) is 11.9 Å². The number of imidazole rings is 1. The van der Waals surface area contributed by atoms with Gasteiger partial charge in [0.1, 0.15) is 0 Å². The Kier molecular flexibility index (Phi) is 4.19. The lowest BCUT2D eigenvalue weighted by Crippen LogP contribution is -2.30. The smallest absolute Gasteiger partial charge is 0.329 e. The van der Waals surface area contributed by atoms with Crippen LogP contribution in [0.1, 0.15) is 0 Å². The highest BCUT2D eigenvalue weighted by Gasteiger charge is 2.19. The highest BCUT2D eigenvalue weighted by Crippen LogP contribution is 2.20. The summed E-state index contributed by atoms with van der Waals surface area (Å²) in [5.41, 5.74) is -0.123. The molecule has 0 spiro atoms. The molecule has 4 N–H and O–H groups in total. The SMILES string of the molecule is Cn1c(=O)[nH]c(=O)c2c1nc(Nc1ccccc1)n2C[C@H](O)CO. The van der Waals surface area contributed by atoms with E-state index >= 15 is 0 Å². The van der Waals surface area contributed by atoms with Gasteiger partial charge in [-0.25, -0.2) is 4.79 Å². The van der Waals surface area contributed by atoms with Crippen LogP contribution in [0.3, 0.4) is 0 Å². The van der Waals surface area contributed by atoms with Crippen LogP contribution in [0.5, 0.6) is 0 Å². The molecule has 126 valence electrons. The third-order valence-electron chi connectivity index (χ3n) is 3.64. The first kappa shape index (κ1) is 16.0. The Labute approximate surface area is 135 Å². The molecule has 1 atom stereocenters. The largest absolute Gasteiger partial charge is 0.394 e. The minimum atomic E-state index is -1.07. The molecule has 9 heteroatoms. The predicted molar refractivity (Wildman–Crippen MR) is 88.4 cm³/mol. The van der Waals surface area contributed by atoms with Crippen LogP contribution in [0.15, 0.2) is 39.9 Å². The molecule has 2 aromatic heterocycles. The van der Waals surface area contributed by atoms with Gasteiger partial charge in [0, 0.05) is 12.7 Å². The lowest BCUT2D eigenvalue weighted by Gasteiger charge is -2.13. The summed E-state index contributed by atoms with van der Waals surface area (Å²) in [4.78, 5) is 30.5. The van der Waals surface area contributed by atoms with E-state index in [4.69, 9.17) is 5.11 Å². The van der Waals surface area contributed by atoms with E-state index in [2.05, 4.69) is 15.3 Å². The zero-order chi connectivity index (χ0) is 17.3. The molecule has 3 rings (SSSR count). The molecule has 0 aliphatic rings. The number of aromatic amines is 1. The average molecular weight is 331 g/mol. The number of benzene rings is 1. The fourth-order valence-corrected chi connectivity index (χ4v) is 2.43. The predicted octanol–water partition coefficient (Wildman–Crippen LogP) is -0.480. The first-order valence-electron chi connectivity index (χ1n) is 7.31. The third-order valence-corrected chi connectivity index (χ3v) is 3.64. The van der Waals surface area contributed by atoms with Crippen molar-refractivity contribution in [3.05, 3.63) is 51.2 Å². The molecule has 0 radical (unpaired) electrons. The monoisotopic (exact) mass is 331 g/mol. The molecule has 24 heavy (non-hydrogen) atoms. The Morgan fingerprint density at radius 2 is 2.00 bits per heavy atom. The number of aryl methyl sites for hydroxylation is 1. The Morgan fingerprint density at radius 3 is 2.67 bits per heavy atom. The molecule has 0 aliphatic heterocycles. The minimum Gasteiger partial charge on any atom is -0.394 e. The molecule has 0 saturated carbocycles. The molecule has 0 amide bonds. The first-order valence-corrected chi connectivity index (χ1v) is 7.31. The van der Waals surface area contributed by atoms with Gasteiger partial charge >= 0.3 is 5.69 Å². The van der Waals surface area contributed by atoms with Gasteiger partial charge < -0.3 is 20.1 Å². The Balaban J connectivity index is 2.21. The number of nitrogens with zero attached hydrogens (tertiary/aromatic N) is 3. The van der Waals surface area contributed by atoms with Crippen molar-refractivity contribution in [1.82, 2.24) is 19.1 Å². The van der Waals surface area contributed by atoms with Crippen molar-refractivity contribution in [1.29, 1.82) is 0 Å². The number of aromatic nitrogens is 4. The van der Waals surface area contributed by atoms with Crippen molar-refractivity contribution >= 4 is 22.8 Å². The molecule has 1 aromatic carbocycles. The number of anilines is 2. The van der Waals surface area contributed by atoms with Crippen molar-refractivity contribution in [2.24, 2.45) is 7.05 Å². The first-order chi connectivity index (χ1) is 11.5. The van der Waals surface area contributed by atoms with Crippen LogP contribution in [0, 0.1) is 0 Å². The topological polar surface area (TPSA) is 125 Å². The summed E-state index contributed by atoms with van der Waals surface area (Å²) in [5.74, 6) is 0.287. The number of nitrogens with one attached hydrogen (secondary N) is 2. The molecular formula is C15H17N5O4. The summed E-state index contributed by atoms with van der Waals surface area (Å²) in [6.07, 6.45) is -1.07. The standard InChI is InChI=1S/C15H17N5O4/c1-19-12-11(13(23)18-15(19)24)20(7-10(22)8-21)14(17-12)16-9-5-3-2-4-6-9/h2-6,10,21-22H,7-8H2,1H3,(H,16,17)(H,18,23,24)/t10-/m0/s1. The summed E-state index contributed by atoms with van der Waals surface area (Å²) in [5, 5.41) is 22.0. The van der Waals surface area contributed by atoms with E-state index in [-0.39, 0.29) is 23.7 Å². The average Bonchev–Trinajstić information content (AvgIpc) is 2.92. The van der Waals surface area contributed by atoms with Crippen LogP contribution in [-0.2, 0) is 13.6 Å². The van der Waals surface area contributed by atoms with Gasteiger partial charge in [0.2, 0.25) is 5.95 Å². The summed E-state index contributed by atoms with van der Waals surface area (Å²) in [6, 6.07) is 9.16. The molecule has 2 heterocycles. The van der Waals surface area contributed by atoms with E-state index in [9.17, 15) is 14.7 Å². The highest BCUT2D eigenvalue weighted by molar-refractivity contribution is 5.75. The summed E-state index contributed by atoms with van der Waals surface area (Å²) >= 11 is 0. The summed E-state index contributed by atoms with van der Waals surface area (Å²) in [6.45, 7) is -0.516. The molecule has 0 unspecified atom stereocenters. The number of para-hydroxylation sites is 1. The molecule has 0 fully saturated rings. The fourth-order valence-electron chi connectivity index (χ4n) is 2.43. The number of H-pyrrole nitrogens is 1. The van der Waals surface area contributed by atoms with Crippen molar-refractivity contribution < 1.29 is 10.2 Å². The van der Waals surface area contributed by atoms with E-state index in [1.807, 2.05) is 30.3 Å². The van der Waals surface area contributed by atoms with Crippen LogP contribution in [0.25, 0.3) is 11.2 Å². The Morgan fingerprint density at radius 1 is 1.29 bits per heavy atom. The molecule has 0 aliphatic carbocycles. The normalized spacial score (nSPS) is 12.5. The van der Waals surface area contributed by atoms with Gasteiger partial charge in [-0.3, -0.25) is 14.3 Å². The van der Waals surface area contributed by atoms with Gasteiger partial charge in [0.05, 0.1) is 19.3 Å². The minimum absolute atomic E-state index is 0.0521. The highest BCUT2D eigenvalue weighted by atomic mass is 16.3. The number of aliphatic hydroxyl groups excluding tert-OH is 2. The van der Waals surface area contributed by atoms with E-state index < -0.39 is 24.0 Å². The number of fused-ring (bicyclic) bond motifs is 1. The van der Waals surface area contributed by atoms with Gasteiger partial charge in [-0.2, -0.15) is 4.98 Å². The Bertz CT molecular complexity index is 973. The van der Waals surface area contributed by atoms with Crippen molar-refractivity contribution in [3.63, 3.8) is 0 Å². The van der Waals surface area contributed by atoms with Crippen LogP contribution in [0.4, 0.5) is 11.6 Å². The van der Waals surface area contributed by atoms with Crippen molar-refractivity contribution in [3.8, 4) is 0 Å². The maximum absolute atomic E-state index is 12.2. The summed E-state index contributed by atoms with van der Waals surface area (Å²) in [7, 11) is 1.49. The van der Waals surface area contributed by atoms with Gasteiger partial charge in [-0.15, -0.1) is 0 Å². The number of hydrogen-bond donors (Lipinski definition) is 4. The second-order valence-corrected chi connectivity index (χ2v) is 5.36. The van der Waals surface area contributed by atoms with E-state index in [0.29, 0.717) is 0 Å². The number of rotatable bonds is 5. The van der Waals surface area contributed by atoms with Gasteiger partial charge in [-0.05, 0) is 12.1 Å². The molecule has 3 aromatic rings. The fraction of sp³-hybridized carbons (Fsp3) is 0.267. The zero-order valence-electron chi connectivity index (χ0n) is 12.9. The van der Waals surface area contributed by atoms with Crippen LogP contribution in [-0.4, -0.2) is 42.0 Å². The van der Waals surface area contributed by atoms with E-state index in [0.717, 1.165) is 5.69 Å². The van der Waals surface area contributed by atoms with Gasteiger partial charge in [0.25, 0.3) is 5.56 Å². The van der Waals surface area contributed by atoms with Gasteiger partial charge in [0.15, 0.2) is 11.2 Å². The molecule has 0 bridgehead atoms. The Hall–Kier alpha value is -2.91. The second-order valence-electron chi connectivity index (χ2n) is 5.36. The van der Waals surface area contributed by atoms with Crippen molar-refractivity contribution in [2.45, 2.75) is 12.6 Å². The second kappa shape index (κ2) is 6.30. The van der Waals surface area contributed by atoms with Gasteiger partial charge in [-0.1, -0.05) is 18.2 Å². The zero-order valence-corrected chi connectivity index (χ0v) is 12.9. The van der Waals surface area contributed by atoms with Crippen LogP contribution < -0.4 is 16.6 Å². The third kappa shape index (κ3) is 2.82. The molecule has 9 nitrogen and oxygen atoms in total. The quantitative estimate of drug-likeness (QED) is 0.500. The van der Waals surface area contributed by atoms with E-state index in [1.54, 1.807) is 0 Å². The maximum atomic E-state index is 12.2. The number of hydrogen-bond acceptors (Lipinski definition) is 6. The van der Waals surface area contributed by atoms with E-state index in [1.165, 1.54) is 16.2 Å².